The number of nitrogens with two attached hydrogens (primary N) is 1. The molecule has 24 nitrogen and oxygen atoms in total. The fourth-order valence-electron chi connectivity index (χ4n) is 5.22. The Balaban J connectivity index is 1.48. The molecular weight excluding hydrogens is 843 g/mol. The third-order valence-corrected chi connectivity index (χ3v) is 12.2. The number of imidazole rings is 1. The van der Waals surface area contributed by atoms with E-state index in [4.69, 9.17) is 19.5 Å². The molecule has 8 atom stereocenters. The van der Waals surface area contributed by atoms with Crippen LogP contribution in [-0.2, 0) is 50.7 Å². The van der Waals surface area contributed by atoms with Gasteiger partial charge < -0.3 is 50.9 Å². The molecular formula is C29H48N7O17P3S. The van der Waals surface area contributed by atoms with E-state index >= 15 is 0 Å². The third-order valence-electron chi connectivity index (χ3n) is 8.07. The van der Waals surface area contributed by atoms with Crippen molar-refractivity contribution in [2.45, 2.75) is 77.6 Å². The summed E-state index contributed by atoms with van der Waals surface area (Å²) in [5.41, 5.74) is 4.26. The summed E-state index contributed by atoms with van der Waals surface area (Å²) >= 11 is 1.11. The Morgan fingerprint density at radius 2 is 1.77 bits per heavy atom. The monoisotopic (exact) mass is 891 g/mol. The molecule has 1 fully saturated rings. The number of hydrogen-bond acceptors (Lipinski definition) is 18. The second kappa shape index (κ2) is 21.0. The van der Waals surface area contributed by atoms with Gasteiger partial charge in [-0.3, -0.25) is 32.5 Å². The summed E-state index contributed by atoms with van der Waals surface area (Å²) in [5, 5.41) is 26.4. The SMILES string of the molecule is C/C=C/C(CCC)C(=O)SCCNC(=O)CCNC(=O)[C@H](O)C(C)(C)COP(=O)(O)OP(=O)(O)OC[C@H]1O[C@@H](n2cnc3c(N)ncnc32)[C@H](O)[C@@H]1OP(=O)(O)O. The van der Waals surface area contributed by atoms with Gasteiger partial charge in [0.1, 0.15) is 36.3 Å². The van der Waals surface area contributed by atoms with E-state index in [1.54, 1.807) is 0 Å². The quantitative estimate of drug-likeness (QED) is 0.0420. The Labute approximate surface area is 330 Å². The molecule has 3 unspecified atom stereocenters. The zero-order chi connectivity index (χ0) is 42.8. The predicted molar refractivity (Wildman–Crippen MR) is 200 cm³/mol. The normalized spacial score (nSPS) is 22.2. The molecule has 1 aliphatic rings. The van der Waals surface area contributed by atoms with Gasteiger partial charge in [-0.1, -0.05) is 51.1 Å². The van der Waals surface area contributed by atoms with Crippen LogP contribution in [0, 0.1) is 11.3 Å². The van der Waals surface area contributed by atoms with E-state index in [0.29, 0.717) is 5.75 Å². The lowest BCUT2D eigenvalue weighted by Gasteiger charge is -2.30. The lowest BCUT2D eigenvalue weighted by molar-refractivity contribution is -0.137. The molecule has 0 aliphatic carbocycles. The van der Waals surface area contributed by atoms with Gasteiger partial charge >= 0.3 is 23.5 Å². The van der Waals surface area contributed by atoms with Crippen LogP contribution in [0.4, 0.5) is 5.82 Å². The maximum Gasteiger partial charge on any atom is 0.481 e. The fourth-order valence-corrected chi connectivity index (χ4v) is 8.87. The summed E-state index contributed by atoms with van der Waals surface area (Å²) in [5.74, 6) is -1.29. The van der Waals surface area contributed by atoms with Crippen LogP contribution in [0.15, 0.2) is 24.8 Å². The number of phosphoric acid groups is 3. The van der Waals surface area contributed by atoms with Crippen molar-refractivity contribution in [2.75, 3.05) is 37.8 Å². The van der Waals surface area contributed by atoms with E-state index in [0.717, 1.165) is 41.8 Å². The molecule has 10 N–H and O–H groups in total. The zero-order valence-electron chi connectivity index (χ0n) is 31.2. The van der Waals surface area contributed by atoms with Crippen molar-refractivity contribution in [3.05, 3.63) is 24.8 Å². The minimum Gasteiger partial charge on any atom is -0.386 e. The van der Waals surface area contributed by atoms with E-state index in [-0.39, 0.29) is 47.5 Å². The molecule has 0 spiro atoms. The molecule has 0 aromatic carbocycles. The van der Waals surface area contributed by atoms with Gasteiger partial charge in [-0.2, -0.15) is 4.31 Å². The topological polar surface area (TPSA) is 364 Å². The minimum absolute atomic E-state index is 0.00105. The average molecular weight is 892 g/mol. The number of anilines is 1. The first-order valence-corrected chi connectivity index (χ1v) is 22.7. The van der Waals surface area contributed by atoms with Crippen LogP contribution in [0.25, 0.3) is 11.2 Å². The molecule has 3 rings (SSSR count). The van der Waals surface area contributed by atoms with Gasteiger partial charge in [0.05, 0.1) is 19.5 Å². The molecule has 2 aromatic heterocycles. The van der Waals surface area contributed by atoms with Gasteiger partial charge in [-0.15, -0.1) is 0 Å². The number of thioether (sulfide) groups is 1. The number of rotatable bonds is 23. The number of fused-ring (bicyclic) bond motifs is 1. The van der Waals surface area contributed by atoms with E-state index < -0.39 is 84.6 Å². The van der Waals surface area contributed by atoms with E-state index in [2.05, 4.69) is 34.4 Å². The lowest BCUT2D eigenvalue weighted by Crippen LogP contribution is -2.46. The van der Waals surface area contributed by atoms with Crippen molar-refractivity contribution in [3.8, 4) is 0 Å². The van der Waals surface area contributed by atoms with Crippen LogP contribution >= 0.6 is 35.2 Å². The van der Waals surface area contributed by atoms with E-state index in [9.17, 15) is 57.9 Å². The third kappa shape index (κ3) is 14.8. The number of nitrogen functional groups attached to an aromatic ring is 1. The molecule has 0 bridgehead atoms. The molecule has 322 valence electrons. The van der Waals surface area contributed by atoms with Crippen molar-refractivity contribution < 1.29 is 80.5 Å². The van der Waals surface area contributed by atoms with Crippen LogP contribution in [0.1, 0.15) is 53.2 Å². The number of carbonyl (C=O) groups excluding carboxylic acids is 3. The largest absolute Gasteiger partial charge is 0.481 e. The van der Waals surface area contributed by atoms with Crippen LogP contribution in [0.2, 0.25) is 0 Å². The second-order valence-corrected chi connectivity index (χ2v) is 18.5. The Kier molecular flexibility index (Phi) is 17.9. The predicted octanol–water partition coefficient (Wildman–Crippen LogP) is 0.657. The Bertz CT molecular complexity index is 1880. The second-order valence-electron chi connectivity index (χ2n) is 13.2. The molecule has 28 heteroatoms. The highest BCUT2D eigenvalue weighted by atomic mass is 32.2. The van der Waals surface area contributed by atoms with Crippen LogP contribution in [0.5, 0.6) is 0 Å². The van der Waals surface area contributed by atoms with Crippen molar-refractivity contribution >= 4 is 69.1 Å². The molecule has 1 saturated heterocycles. The molecule has 2 amide bonds. The summed E-state index contributed by atoms with van der Waals surface area (Å²) < 4.78 is 62.2. The number of amides is 2. The lowest BCUT2D eigenvalue weighted by atomic mass is 9.87. The highest BCUT2D eigenvalue weighted by Crippen LogP contribution is 2.61. The summed E-state index contributed by atoms with van der Waals surface area (Å²) in [6.07, 6.45) is -1.68. The van der Waals surface area contributed by atoms with Crippen LogP contribution < -0.4 is 16.4 Å². The Hall–Kier alpha value is -2.70. The van der Waals surface area contributed by atoms with Gasteiger partial charge in [-0.05, 0) is 13.3 Å². The number of phosphoric ester groups is 3. The first-order valence-electron chi connectivity index (χ1n) is 17.2. The fraction of sp³-hybridized carbons (Fsp3) is 0.655. The zero-order valence-corrected chi connectivity index (χ0v) is 34.7. The van der Waals surface area contributed by atoms with Crippen molar-refractivity contribution in [1.29, 1.82) is 0 Å². The summed E-state index contributed by atoms with van der Waals surface area (Å²) in [6.45, 7) is 4.32. The Morgan fingerprint density at radius 3 is 2.42 bits per heavy atom. The van der Waals surface area contributed by atoms with Crippen molar-refractivity contribution in [2.24, 2.45) is 11.3 Å². The number of carbonyl (C=O) groups is 3. The number of nitrogens with zero attached hydrogens (tertiary/aromatic N) is 4. The van der Waals surface area contributed by atoms with Gasteiger partial charge in [0, 0.05) is 36.6 Å². The van der Waals surface area contributed by atoms with Gasteiger partial charge in [0.15, 0.2) is 22.8 Å². The molecule has 3 heterocycles. The maximum absolute atomic E-state index is 12.7. The summed E-state index contributed by atoms with van der Waals surface area (Å²) in [4.78, 5) is 88.1. The molecule has 0 radical (unpaired) electrons. The molecule has 0 saturated carbocycles. The Morgan fingerprint density at radius 1 is 1.09 bits per heavy atom. The number of aliphatic hydroxyl groups is 2. The number of aromatic nitrogens is 4. The van der Waals surface area contributed by atoms with Gasteiger partial charge in [0.25, 0.3) is 0 Å². The van der Waals surface area contributed by atoms with Gasteiger partial charge in [-0.25, -0.2) is 28.6 Å². The molecule has 57 heavy (non-hydrogen) atoms. The molecule has 2 aromatic rings. The van der Waals surface area contributed by atoms with Crippen molar-refractivity contribution in [3.63, 3.8) is 0 Å². The van der Waals surface area contributed by atoms with Gasteiger partial charge in [0.2, 0.25) is 11.8 Å². The summed E-state index contributed by atoms with van der Waals surface area (Å²) in [6, 6.07) is 0. The standard InChI is InChI=1S/C29H48N7O17P3S/c1-5-7-17(8-6-2)28(41)57-12-11-31-19(37)9-10-32-26(40)23(39)29(3,4)14-50-56(47,48)53-55(45,46)49-13-18-22(52-54(42,43)44)21(38)27(51-18)36-16-35-20-24(30)33-15-34-25(20)36/h5,7,15-18,21-23,27,38-39H,6,8-14H2,1-4H3,(H,31,37)(H,32,40)(H,45,46)(H,47,48)(H2,30,33,34)(H2,42,43,44)/b7-5+/t17?,18-,21-,22-,23+,27-/m1/s1. The smallest absolute Gasteiger partial charge is 0.386 e. The van der Waals surface area contributed by atoms with Crippen LogP contribution in [0.3, 0.4) is 0 Å². The highest BCUT2D eigenvalue weighted by molar-refractivity contribution is 8.13. The number of allylic oxidation sites excluding steroid dienone is 2. The number of aliphatic hydroxyl groups excluding tert-OH is 2. The number of nitrogens with one attached hydrogen (secondary N) is 2. The maximum atomic E-state index is 12.7. The first kappa shape index (κ1) is 48.7. The highest BCUT2D eigenvalue weighted by Gasteiger charge is 2.50. The van der Waals surface area contributed by atoms with E-state index in [1.807, 2.05) is 26.0 Å². The minimum atomic E-state index is -5.57. The van der Waals surface area contributed by atoms with Crippen LogP contribution in [-0.4, -0.2) is 123 Å². The number of ether oxygens (including phenoxy) is 1. The average Bonchev–Trinajstić information content (AvgIpc) is 3.67. The summed E-state index contributed by atoms with van der Waals surface area (Å²) in [7, 11) is -16.4. The van der Waals surface area contributed by atoms with E-state index in [1.165, 1.54) is 13.8 Å². The van der Waals surface area contributed by atoms with Crippen molar-refractivity contribution in [1.82, 2.24) is 30.2 Å². The number of hydrogen-bond donors (Lipinski definition) is 9. The molecule has 1 aliphatic heterocycles. The first-order chi connectivity index (χ1) is 26.5.